The number of rotatable bonds is 7. The Morgan fingerprint density at radius 2 is 1.71 bits per heavy atom. The Morgan fingerprint density at radius 3 is 2.33 bits per heavy atom. The number of carbonyl (C=O) groups is 1. The fraction of sp³-hybridized carbons (Fsp3) is 0.424. The topological polar surface area (TPSA) is 93.0 Å². The van der Waals surface area contributed by atoms with Gasteiger partial charge in [0.15, 0.2) is 5.78 Å². The molecular weight excluding hydrogens is 548 g/mol. The molecule has 2 fully saturated rings. The van der Waals surface area contributed by atoms with E-state index in [2.05, 4.69) is 50.5 Å². The number of anilines is 3. The van der Waals surface area contributed by atoms with Crippen molar-refractivity contribution >= 4 is 45.9 Å². The molecule has 1 aliphatic carbocycles. The molecule has 1 aromatic carbocycles. The van der Waals surface area contributed by atoms with Gasteiger partial charge in [0, 0.05) is 42.6 Å². The Morgan fingerprint density at radius 1 is 1.00 bits per heavy atom. The second kappa shape index (κ2) is 11.8. The van der Waals surface area contributed by atoms with E-state index in [0.29, 0.717) is 28.9 Å². The quantitative estimate of drug-likeness (QED) is 0.181. The zero-order valence-electron chi connectivity index (χ0n) is 24.4. The lowest BCUT2D eigenvalue weighted by molar-refractivity contribution is 0.101. The lowest BCUT2D eigenvalue weighted by Gasteiger charge is -2.34. The molecule has 1 atom stereocenters. The second-order valence-corrected chi connectivity index (χ2v) is 12.3. The fourth-order valence-electron chi connectivity index (χ4n) is 6.57. The number of piperidine rings is 1. The van der Waals surface area contributed by atoms with Crippen LogP contribution in [0.5, 0.6) is 0 Å². The molecule has 4 aromatic rings. The normalized spacial score (nSPS) is 17.1. The molecule has 218 valence electrons. The molecule has 0 spiro atoms. The Bertz CT molecular complexity index is 1650. The smallest absolute Gasteiger partial charge is 0.263 e. The number of alkyl halides is 1. The number of hydrogen-bond acceptors (Lipinski definition) is 7. The van der Waals surface area contributed by atoms with Gasteiger partial charge in [-0.15, -0.1) is 11.6 Å². The van der Waals surface area contributed by atoms with Crippen molar-refractivity contribution in [1.82, 2.24) is 19.5 Å². The maximum Gasteiger partial charge on any atom is 0.263 e. The summed E-state index contributed by atoms with van der Waals surface area (Å²) in [5.74, 6) is 1.27. The Labute approximate surface area is 251 Å². The number of halogens is 1. The van der Waals surface area contributed by atoms with E-state index >= 15 is 0 Å². The lowest BCUT2D eigenvalue weighted by atomic mass is 9.90. The van der Waals surface area contributed by atoms with E-state index in [9.17, 15) is 9.59 Å². The van der Waals surface area contributed by atoms with E-state index in [0.717, 1.165) is 62.6 Å². The summed E-state index contributed by atoms with van der Waals surface area (Å²) in [6.07, 6.45) is 9.73. The van der Waals surface area contributed by atoms with Crippen LogP contribution in [-0.2, 0) is 0 Å². The molecular formula is C33H37ClN6O2. The molecule has 4 heterocycles. The zero-order chi connectivity index (χ0) is 29.4. The maximum atomic E-state index is 13.5. The molecule has 0 radical (unpaired) electrons. The number of aromatic nitrogens is 4. The van der Waals surface area contributed by atoms with E-state index in [1.807, 2.05) is 19.2 Å². The largest absolute Gasteiger partial charge is 0.371 e. The van der Waals surface area contributed by atoms with Crippen molar-refractivity contribution in [3.05, 3.63) is 81.4 Å². The molecule has 9 heteroatoms. The average molecular weight is 585 g/mol. The summed E-state index contributed by atoms with van der Waals surface area (Å²) in [4.78, 5) is 42.3. The van der Waals surface area contributed by atoms with Crippen LogP contribution in [0.4, 0.5) is 17.5 Å². The maximum absolute atomic E-state index is 13.5. The molecule has 1 N–H and O–H groups in total. The van der Waals surface area contributed by atoms with Gasteiger partial charge in [-0.1, -0.05) is 31.0 Å². The van der Waals surface area contributed by atoms with Gasteiger partial charge in [0.1, 0.15) is 11.5 Å². The first-order valence-electron chi connectivity index (χ1n) is 14.9. The van der Waals surface area contributed by atoms with Crippen LogP contribution < -0.4 is 15.8 Å². The van der Waals surface area contributed by atoms with E-state index in [4.69, 9.17) is 16.6 Å². The van der Waals surface area contributed by atoms with Crippen LogP contribution in [0.1, 0.15) is 96.8 Å². The molecule has 1 saturated heterocycles. The standard InChI is InChI=1S/C33H37ClN6O2/c1-20-28-19-36-33(38-31(28)40(27-6-4-5-7-27)32(42)30(20)22(3)41)37-29-13-10-25(18-35-29)24-14-16-39(17-15-24)26-11-8-23(9-12-26)21(2)34/h8-13,18-19,21,24,27H,4-7,14-17H2,1-3H3,(H,35,36,37,38)/t21-/m1/s1. The molecule has 42 heavy (non-hydrogen) atoms. The summed E-state index contributed by atoms with van der Waals surface area (Å²) in [6.45, 7) is 7.25. The Kier molecular flexibility index (Phi) is 7.99. The van der Waals surface area contributed by atoms with Gasteiger partial charge in [-0.25, -0.2) is 9.97 Å². The van der Waals surface area contributed by atoms with E-state index in [1.165, 1.54) is 18.2 Å². The summed E-state index contributed by atoms with van der Waals surface area (Å²) < 4.78 is 1.73. The van der Waals surface area contributed by atoms with Crippen molar-refractivity contribution in [3.63, 3.8) is 0 Å². The first-order valence-corrected chi connectivity index (χ1v) is 15.4. The van der Waals surface area contributed by atoms with Gasteiger partial charge >= 0.3 is 0 Å². The van der Waals surface area contributed by atoms with Gasteiger partial charge in [-0.2, -0.15) is 4.98 Å². The van der Waals surface area contributed by atoms with Crippen LogP contribution in [0.25, 0.3) is 11.0 Å². The van der Waals surface area contributed by atoms with Crippen LogP contribution in [0.15, 0.2) is 53.6 Å². The molecule has 1 aliphatic heterocycles. The minimum atomic E-state index is -0.251. The van der Waals surface area contributed by atoms with Crippen molar-refractivity contribution in [1.29, 1.82) is 0 Å². The number of Topliss-reactive ketones (excluding diaryl/α,β-unsaturated/α-hetero) is 1. The predicted molar refractivity (Wildman–Crippen MR) is 168 cm³/mol. The minimum absolute atomic E-state index is 0.0201. The molecule has 1 saturated carbocycles. The van der Waals surface area contributed by atoms with E-state index in [-0.39, 0.29) is 28.3 Å². The molecule has 6 rings (SSSR count). The third-order valence-corrected chi connectivity index (χ3v) is 9.21. The van der Waals surface area contributed by atoms with Gasteiger partial charge in [-0.05, 0) is 87.3 Å². The Balaban J connectivity index is 1.18. The zero-order valence-corrected chi connectivity index (χ0v) is 25.2. The second-order valence-electron chi connectivity index (χ2n) is 11.7. The first-order chi connectivity index (χ1) is 20.3. The predicted octanol–water partition coefficient (Wildman–Crippen LogP) is 7.24. The average Bonchev–Trinajstić information content (AvgIpc) is 3.52. The van der Waals surface area contributed by atoms with Crippen LogP contribution in [0.3, 0.4) is 0 Å². The summed E-state index contributed by atoms with van der Waals surface area (Å²) in [5.41, 5.74) is 4.81. The molecule has 0 amide bonds. The number of nitrogens with zero attached hydrogens (tertiary/aromatic N) is 5. The first kappa shape index (κ1) is 28.3. The Hall–Kier alpha value is -3.78. The number of hydrogen-bond donors (Lipinski definition) is 1. The number of fused-ring (bicyclic) bond motifs is 1. The van der Waals surface area contributed by atoms with Gasteiger partial charge in [0.2, 0.25) is 5.95 Å². The van der Waals surface area contributed by atoms with Gasteiger partial charge < -0.3 is 10.2 Å². The molecule has 3 aromatic heterocycles. The number of pyridine rings is 2. The van der Waals surface area contributed by atoms with Crippen LogP contribution in [-0.4, -0.2) is 38.4 Å². The lowest BCUT2D eigenvalue weighted by Crippen LogP contribution is -2.32. The van der Waals surface area contributed by atoms with Crippen molar-refractivity contribution in [3.8, 4) is 0 Å². The van der Waals surface area contributed by atoms with Gasteiger partial charge in [0.25, 0.3) is 5.56 Å². The van der Waals surface area contributed by atoms with Crippen LogP contribution in [0.2, 0.25) is 0 Å². The minimum Gasteiger partial charge on any atom is -0.371 e. The number of benzene rings is 1. The SMILES string of the molecule is CC(=O)c1c(C)c2cnc(Nc3ccc(C4CCN(c5ccc([C@@H](C)Cl)cc5)CC4)cn3)nc2n(C2CCCC2)c1=O. The van der Waals surface area contributed by atoms with Crippen LogP contribution >= 0.6 is 11.6 Å². The fourth-order valence-corrected chi connectivity index (χ4v) is 6.71. The number of aryl methyl sites for hydroxylation is 1. The summed E-state index contributed by atoms with van der Waals surface area (Å²) in [6, 6.07) is 12.7. The monoisotopic (exact) mass is 584 g/mol. The van der Waals surface area contributed by atoms with E-state index in [1.54, 1.807) is 17.7 Å². The third kappa shape index (κ3) is 5.52. The number of ketones is 1. The highest BCUT2D eigenvalue weighted by Gasteiger charge is 2.26. The number of carbonyl (C=O) groups excluding carboxylic acids is 1. The highest BCUT2D eigenvalue weighted by molar-refractivity contribution is 6.20. The van der Waals surface area contributed by atoms with Crippen molar-refractivity contribution in [2.24, 2.45) is 0 Å². The molecule has 0 unspecified atom stereocenters. The van der Waals surface area contributed by atoms with Crippen molar-refractivity contribution < 1.29 is 4.79 Å². The van der Waals surface area contributed by atoms with E-state index < -0.39 is 0 Å². The van der Waals surface area contributed by atoms with Crippen LogP contribution in [0, 0.1) is 6.92 Å². The molecule has 0 bridgehead atoms. The highest BCUT2D eigenvalue weighted by Crippen LogP contribution is 2.33. The summed E-state index contributed by atoms with van der Waals surface area (Å²) >= 11 is 6.21. The van der Waals surface area contributed by atoms with Crippen molar-refractivity contribution in [2.75, 3.05) is 23.3 Å². The number of nitrogens with one attached hydrogen (secondary N) is 1. The summed E-state index contributed by atoms with van der Waals surface area (Å²) in [5, 5.41) is 3.98. The van der Waals surface area contributed by atoms with Gasteiger partial charge in [-0.3, -0.25) is 14.2 Å². The highest BCUT2D eigenvalue weighted by atomic mass is 35.5. The third-order valence-electron chi connectivity index (χ3n) is 8.96. The van der Waals surface area contributed by atoms with Gasteiger partial charge in [0.05, 0.1) is 10.9 Å². The molecule has 8 nitrogen and oxygen atoms in total. The summed E-state index contributed by atoms with van der Waals surface area (Å²) in [7, 11) is 0. The molecule has 2 aliphatic rings. The van der Waals surface area contributed by atoms with Crippen molar-refractivity contribution in [2.45, 2.75) is 76.6 Å².